The van der Waals surface area contributed by atoms with Crippen molar-refractivity contribution in [3.63, 3.8) is 0 Å². The smallest absolute Gasteiger partial charge is 0.117 e. The molecular weight excluding hydrogens is 290 g/mol. The molecule has 126 valence electrons. The molecule has 4 nitrogen and oxygen atoms in total. The first-order valence-corrected chi connectivity index (χ1v) is 8.13. The lowest BCUT2D eigenvalue weighted by molar-refractivity contribution is -0.0114. The number of nitrogens with zero attached hydrogens (tertiary/aromatic N) is 1. The van der Waals surface area contributed by atoms with Crippen molar-refractivity contribution < 1.29 is 14.3 Å². The number of hydrogen-bond acceptors (Lipinski definition) is 4. The molecule has 0 aliphatic rings. The molecule has 0 saturated heterocycles. The maximum Gasteiger partial charge on any atom is 0.117 e. The normalized spacial score (nSPS) is 13.0. The Morgan fingerprint density at radius 2 is 2.00 bits per heavy atom. The minimum absolute atomic E-state index is 0.125. The Morgan fingerprint density at radius 3 is 2.65 bits per heavy atom. The van der Waals surface area contributed by atoms with Crippen molar-refractivity contribution in [1.29, 1.82) is 0 Å². The Balaban J connectivity index is 1.99. The summed E-state index contributed by atoms with van der Waals surface area (Å²) in [6.07, 6.45) is 1.29. The maximum absolute atomic E-state index is 10.2. The van der Waals surface area contributed by atoms with Gasteiger partial charge in [-0.1, -0.05) is 29.8 Å². The molecule has 0 unspecified atom stereocenters. The third-order valence-electron chi connectivity index (χ3n) is 3.54. The van der Waals surface area contributed by atoms with Crippen LogP contribution in [0.15, 0.2) is 47.1 Å². The first-order valence-electron chi connectivity index (χ1n) is 8.13. The highest BCUT2D eigenvalue weighted by molar-refractivity contribution is 5.22. The summed E-state index contributed by atoms with van der Waals surface area (Å²) in [5.74, 6) is 0.898. The Bertz CT molecular complexity index is 566. The minimum atomic E-state index is -0.517. The van der Waals surface area contributed by atoms with Gasteiger partial charge in [-0.3, -0.25) is 4.90 Å². The van der Waals surface area contributed by atoms with Gasteiger partial charge in [-0.05, 0) is 38.5 Å². The number of aliphatic hydroxyl groups is 1. The summed E-state index contributed by atoms with van der Waals surface area (Å²) in [6, 6.07) is 12.3. The summed E-state index contributed by atoms with van der Waals surface area (Å²) in [6.45, 7) is 8.36. The third-order valence-corrected chi connectivity index (χ3v) is 3.54. The summed E-state index contributed by atoms with van der Waals surface area (Å²) in [5.41, 5.74) is 2.47. The number of hydrogen-bond donors (Lipinski definition) is 1. The highest BCUT2D eigenvalue weighted by Crippen LogP contribution is 2.13. The number of aliphatic hydroxyl groups excluding tert-OH is 1. The minimum Gasteiger partial charge on any atom is -0.468 e. The van der Waals surface area contributed by atoms with Crippen molar-refractivity contribution in [3.05, 3.63) is 59.5 Å². The summed E-state index contributed by atoms with van der Waals surface area (Å²) >= 11 is 0. The van der Waals surface area contributed by atoms with Crippen molar-refractivity contribution >= 4 is 0 Å². The molecule has 0 bridgehead atoms. The topological polar surface area (TPSA) is 45.8 Å². The summed E-state index contributed by atoms with van der Waals surface area (Å²) in [7, 11) is 0. The Hall–Kier alpha value is -1.62. The van der Waals surface area contributed by atoms with E-state index in [1.165, 1.54) is 11.1 Å². The molecule has 0 radical (unpaired) electrons. The van der Waals surface area contributed by atoms with Crippen molar-refractivity contribution in [2.45, 2.75) is 46.1 Å². The fourth-order valence-corrected chi connectivity index (χ4v) is 2.53. The number of furan rings is 1. The number of ether oxygens (including phenoxy) is 1. The highest BCUT2D eigenvalue weighted by atomic mass is 16.5. The van der Waals surface area contributed by atoms with Gasteiger partial charge in [-0.2, -0.15) is 0 Å². The molecule has 0 spiro atoms. The quantitative estimate of drug-likeness (QED) is 0.770. The second-order valence-corrected chi connectivity index (χ2v) is 6.27. The Morgan fingerprint density at radius 1 is 1.17 bits per heavy atom. The molecule has 1 atom stereocenters. The van der Waals surface area contributed by atoms with Gasteiger partial charge in [-0.15, -0.1) is 0 Å². The van der Waals surface area contributed by atoms with Crippen LogP contribution in [0.4, 0.5) is 0 Å². The van der Waals surface area contributed by atoms with Crippen LogP contribution in [-0.2, 0) is 17.8 Å². The molecule has 0 aliphatic heterocycles. The molecular formula is C19H27NO3. The van der Waals surface area contributed by atoms with Crippen LogP contribution in [-0.4, -0.2) is 35.4 Å². The molecule has 0 fully saturated rings. The van der Waals surface area contributed by atoms with E-state index in [9.17, 15) is 5.11 Å². The van der Waals surface area contributed by atoms with Gasteiger partial charge >= 0.3 is 0 Å². The van der Waals surface area contributed by atoms with Gasteiger partial charge in [-0.25, -0.2) is 0 Å². The van der Waals surface area contributed by atoms with Gasteiger partial charge in [0.2, 0.25) is 0 Å². The molecule has 1 heterocycles. The molecule has 1 aromatic carbocycles. The van der Waals surface area contributed by atoms with Gasteiger partial charge in [0.15, 0.2) is 0 Å². The second-order valence-electron chi connectivity index (χ2n) is 6.27. The average Bonchev–Trinajstić information content (AvgIpc) is 2.98. The lowest BCUT2D eigenvalue weighted by Crippen LogP contribution is -2.34. The summed E-state index contributed by atoms with van der Waals surface area (Å²) in [4.78, 5) is 2.18. The molecule has 2 rings (SSSR count). The molecule has 4 heteroatoms. The molecule has 1 N–H and O–H groups in total. The van der Waals surface area contributed by atoms with E-state index in [0.29, 0.717) is 19.7 Å². The van der Waals surface area contributed by atoms with Crippen LogP contribution in [0, 0.1) is 6.92 Å². The lowest BCUT2D eigenvalue weighted by Gasteiger charge is -2.25. The van der Waals surface area contributed by atoms with Crippen molar-refractivity contribution in [2.24, 2.45) is 0 Å². The Kier molecular flexibility index (Phi) is 6.84. The first kappa shape index (κ1) is 17.7. The fourth-order valence-electron chi connectivity index (χ4n) is 2.53. The van der Waals surface area contributed by atoms with E-state index in [4.69, 9.17) is 9.15 Å². The summed E-state index contributed by atoms with van der Waals surface area (Å²) < 4.78 is 11.0. The van der Waals surface area contributed by atoms with Crippen LogP contribution in [0.1, 0.15) is 30.7 Å². The molecule has 0 saturated carbocycles. The van der Waals surface area contributed by atoms with Gasteiger partial charge in [0, 0.05) is 13.1 Å². The van der Waals surface area contributed by atoms with Gasteiger partial charge in [0.1, 0.15) is 5.76 Å². The predicted molar refractivity (Wildman–Crippen MR) is 91.1 cm³/mol. The van der Waals surface area contributed by atoms with E-state index in [2.05, 4.69) is 36.1 Å². The van der Waals surface area contributed by atoms with Crippen molar-refractivity contribution in [3.8, 4) is 0 Å². The van der Waals surface area contributed by atoms with E-state index >= 15 is 0 Å². The molecule has 23 heavy (non-hydrogen) atoms. The van der Waals surface area contributed by atoms with Crippen LogP contribution in [0.2, 0.25) is 0 Å². The number of rotatable bonds is 9. The van der Waals surface area contributed by atoms with Crippen LogP contribution in [0.5, 0.6) is 0 Å². The standard InChI is InChI=1S/C19H27NO3/c1-15(2)23-14-18(21)12-20(13-19-8-5-9-22-19)11-17-7-4-6-16(3)10-17/h4-10,15,18,21H,11-14H2,1-3H3/t18-/m1/s1. The van der Waals surface area contributed by atoms with Crippen molar-refractivity contribution in [1.82, 2.24) is 4.90 Å². The largest absolute Gasteiger partial charge is 0.468 e. The van der Waals surface area contributed by atoms with Crippen LogP contribution >= 0.6 is 0 Å². The zero-order chi connectivity index (χ0) is 16.7. The summed E-state index contributed by atoms with van der Waals surface area (Å²) in [5, 5.41) is 10.2. The van der Waals surface area contributed by atoms with E-state index in [1.807, 2.05) is 26.0 Å². The van der Waals surface area contributed by atoms with Crippen LogP contribution < -0.4 is 0 Å². The second kappa shape index (κ2) is 8.87. The average molecular weight is 317 g/mol. The van der Waals surface area contributed by atoms with Gasteiger partial charge < -0.3 is 14.3 Å². The Labute approximate surface area is 138 Å². The van der Waals surface area contributed by atoms with Gasteiger partial charge in [0.25, 0.3) is 0 Å². The molecule has 0 amide bonds. The number of aryl methyl sites for hydroxylation is 1. The SMILES string of the molecule is Cc1cccc(CN(Cc2ccco2)C[C@@H](O)COC(C)C)c1. The zero-order valence-electron chi connectivity index (χ0n) is 14.2. The van der Waals surface area contributed by atoms with Gasteiger partial charge in [0.05, 0.1) is 31.6 Å². The van der Waals surface area contributed by atoms with E-state index in [1.54, 1.807) is 6.26 Å². The number of benzene rings is 1. The highest BCUT2D eigenvalue weighted by Gasteiger charge is 2.15. The first-order chi connectivity index (χ1) is 11.0. The monoisotopic (exact) mass is 317 g/mol. The predicted octanol–water partition coefficient (Wildman–Crippen LogP) is 3.38. The molecule has 2 aromatic rings. The third kappa shape index (κ3) is 6.57. The lowest BCUT2D eigenvalue weighted by atomic mass is 10.1. The van der Waals surface area contributed by atoms with Crippen molar-refractivity contribution in [2.75, 3.05) is 13.2 Å². The van der Waals surface area contributed by atoms with E-state index in [0.717, 1.165) is 12.3 Å². The van der Waals surface area contributed by atoms with E-state index < -0.39 is 6.10 Å². The maximum atomic E-state index is 10.2. The van der Waals surface area contributed by atoms with Crippen LogP contribution in [0.3, 0.4) is 0 Å². The van der Waals surface area contributed by atoms with Crippen LogP contribution in [0.25, 0.3) is 0 Å². The molecule has 0 aliphatic carbocycles. The fraction of sp³-hybridized carbons (Fsp3) is 0.474. The molecule has 1 aromatic heterocycles. The van der Waals surface area contributed by atoms with E-state index in [-0.39, 0.29) is 6.10 Å². The zero-order valence-corrected chi connectivity index (χ0v) is 14.2.